The van der Waals surface area contributed by atoms with Crippen molar-refractivity contribution in [3.8, 4) is 5.75 Å². The summed E-state index contributed by atoms with van der Waals surface area (Å²) in [7, 11) is -4.08. The monoisotopic (exact) mass is 370 g/mol. The summed E-state index contributed by atoms with van der Waals surface area (Å²) in [6, 6.07) is 13.3. The van der Waals surface area contributed by atoms with Crippen LogP contribution in [0.3, 0.4) is 0 Å². The van der Waals surface area contributed by atoms with E-state index in [1.807, 2.05) is 6.07 Å². The van der Waals surface area contributed by atoms with Gasteiger partial charge < -0.3 is 4.74 Å². The van der Waals surface area contributed by atoms with Gasteiger partial charge in [0.1, 0.15) is 5.75 Å². The van der Waals surface area contributed by atoms with E-state index >= 15 is 0 Å². The lowest BCUT2D eigenvalue weighted by molar-refractivity contribution is -0.139. The van der Waals surface area contributed by atoms with E-state index in [1.54, 1.807) is 24.3 Å². The molecule has 2 aromatic carbocycles. The van der Waals surface area contributed by atoms with Crippen LogP contribution in [0.4, 0.5) is 13.2 Å². The van der Waals surface area contributed by atoms with Crippen LogP contribution in [0, 0.1) is 0 Å². The molecular formula is C18H17F3O3S. The largest absolute Gasteiger partial charge is 0.490 e. The van der Waals surface area contributed by atoms with Crippen molar-refractivity contribution in [2.45, 2.75) is 41.7 Å². The lowest BCUT2D eigenvalue weighted by Gasteiger charge is -2.17. The Hall–Kier alpha value is -2.02. The molecule has 0 aliphatic heterocycles. The molecule has 0 heterocycles. The van der Waals surface area contributed by atoms with Crippen molar-refractivity contribution in [1.29, 1.82) is 0 Å². The molecule has 0 radical (unpaired) electrons. The maximum atomic E-state index is 13.1. The van der Waals surface area contributed by atoms with Gasteiger partial charge in [-0.05, 0) is 37.1 Å². The van der Waals surface area contributed by atoms with Crippen molar-refractivity contribution in [2.24, 2.45) is 0 Å². The highest BCUT2D eigenvalue weighted by Gasteiger charge is 2.42. The van der Waals surface area contributed by atoms with Gasteiger partial charge in [-0.3, -0.25) is 0 Å². The molecule has 0 spiro atoms. The van der Waals surface area contributed by atoms with Gasteiger partial charge in [-0.1, -0.05) is 30.3 Å². The van der Waals surface area contributed by atoms with Crippen molar-refractivity contribution in [1.82, 2.24) is 0 Å². The van der Waals surface area contributed by atoms with Gasteiger partial charge in [0.15, 0.2) is 9.84 Å². The van der Waals surface area contributed by atoms with E-state index in [0.717, 1.165) is 12.1 Å². The number of alkyl halides is 3. The number of rotatable bonds is 4. The molecule has 0 bridgehead atoms. The van der Waals surface area contributed by atoms with E-state index < -0.39 is 31.7 Å². The van der Waals surface area contributed by atoms with Crippen LogP contribution in [0.1, 0.15) is 24.8 Å². The summed E-state index contributed by atoms with van der Waals surface area (Å²) < 4.78 is 70.7. The Morgan fingerprint density at radius 1 is 0.920 bits per heavy atom. The quantitative estimate of drug-likeness (QED) is 0.797. The van der Waals surface area contributed by atoms with E-state index in [-0.39, 0.29) is 18.9 Å². The van der Waals surface area contributed by atoms with Crippen LogP contribution in [0.5, 0.6) is 5.75 Å². The van der Waals surface area contributed by atoms with E-state index in [1.165, 1.54) is 12.1 Å². The van der Waals surface area contributed by atoms with Crippen LogP contribution < -0.4 is 4.74 Å². The topological polar surface area (TPSA) is 43.4 Å². The first-order chi connectivity index (χ1) is 11.8. The fourth-order valence-electron chi connectivity index (χ4n) is 3.11. The Morgan fingerprint density at radius 2 is 1.56 bits per heavy atom. The van der Waals surface area contributed by atoms with Crippen molar-refractivity contribution >= 4 is 9.84 Å². The van der Waals surface area contributed by atoms with E-state index in [9.17, 15) is 21.6 Å². The standard InChI is InChI=1S/C18H17F3O3S/c19-18(20,21)16-8-4-5-9-17(16)25(22,23)15-11-10-14(12-15)24-13-6-2-1-3-7-13/h1-9,14-15H,10-12H2/t14-,15-/m0/s1. The molecule has 3 rings (SSSR count). The molecule has 1 aliphatic carbocycles. The zero-order valence-corrected chi connectivity index (χ0v) is 14.1. The second-order valence-corrected chi connectivity index (χ2v) is 8.22. The maximum absolute atomic E-state index is 13.1. The van der Waals surface area contributed by atoms with Crippen LogP contribution in [0.2, 0.25) is 0 Å². The van der Waals surface area contributed by atoms with Crippen LogP contribution in [-0.2, 0) is 16.0 Å². The third kappa shape index (κ3) is 3.81. The SMILES string of the molecule is O=S(=O)(c1ccccc1C(F)(F)F)[C@H]1CC[C@H](Oc2ccccc2)C1. The smallest absolute Gasteiger partial charge is 0.417 e. The third-order valence-electron chi connectivity index (χ3n) is 4.32. The first-order valence-corrected chi connectivity index (χ1v) is 9.45. The highest BCUT2D eigenvalue weighted by atomic mass is 32.2. The fraction of sp³-hybridized carbons (Fsp3) is 0.333. The minimum Gasteiger partial charge on any atom is -0.490 e. The van der Waals surface area contributed by atoms with Gasteiger partial charge in [0, 0.05) is 6.42 Å². The Balaban J connectivity index is 1.81. The lowest BCUT2D eigenvalue weighted by Crippen LogP contribution is -2.23. The summed E-state index contributed by atoms with van der Waals surface area (Å²) in [5.41, 5.74) is -1.11. The number of sulfone groups is 1. The summed E-state index contributed by atoms with van der Waals surface area (Å²) in [6.45, 7) is 0. The van der Waals surface area contributed by atoms with Crippen LogP contribution in [-0.4, -0.2) is 19.8 Å². The fourth-order valence-corrected chi connectivity index (χ4v) is 5.14. The predicted molar refractivity (Wildman–Crippen MR) is 87.1 cm³/mol. The van der Waals surface area contributed by atoms with E-state index in [0.29, 0.717) is 12.2 Å². The molecule has 2 atom stereocenters. The molecule has 0 unspecified atom stereocenters. The van der Waals surface area contributed by atoms with Crippen molar-refractivity contribution < 1.29 is 26.3 Å². The Labute approximate surface area is 144 Å². The molecule has 25 heavy (non-hydrogen) atoms. The molecule has 1 saturated carbocycles. The molecule has 1 aliphatic rings. The van der Waals surface area contributed by atoms with Gasteiger partial charge in [-0.25, -0.2) is 8.42 Å². The summed E-state index contributed by atoms with van der Waals surface area (Å²) >= 11 is 0. The first-order valence-electron chi connectivity index (χ1n) is 7.90. The van der Waals surface area contributed by atoms with Gasteiger partial charge in [0.05, 0.1) is 21.8 Å². The lowest BCUT2D eigenvalue weighted by atomic mass is 10.2. The van der Waals surface area contributed by atoms with E-state index in [4.69, 9.17) is 4.74 Å². The molecule has 0 amide bonds. The summed E-state index contributed by atoms with van der Waals surface area (Å²) in [6.07, 6.45) is -4.06. The van der Waals surface area contributed by atoms with Crippen LogP contribution in [0.15, 0.2) is 59.5 Å². The first kappa shape index (κ1) is 17.8. The number of para-hydroxylation sites is 1. The highest BCUT2D eigenvalue weighted by Crippen LogP contribution is 2.38. The summed E-state index contributed by atoms with van der Waals surface area (Å²) in [5.74, 6) is 0.626. The molecule has 7 heteroatoms. The van der Waals surface area contributed by atoms with Gasteiger partial charge in [-0.2, -0.15) is 13.2 Å². The number of halogens is 3. The molecule has 3 nitrogen and oxygen atoms in total. The van der Waals surface area contributed by atoms with Crippen molar-refractivity contribution in [3.63, 3.8) is 0 Å². The third-order valence-corrected chi connectivity index (χ3v) is 6.60. The van der Waals surface area contributed by atoms with Gasteiger partial charge in [0.25, 0.3) is 0 Å². The molecule has 1 fully saturated rings. The number of hydrogen-bond donors (Lipinski definition) is 0. The Morgan fingerprint density at radius 3 is 2.24 bits per heavy atom. The Bertz CT molecular complexity index is 832. The predicted octanol–water partition coefficient (Wildman–Crippen LogP) is 4.48. The maximum Gasteiger partial charge on any atom is 0.417 e. The average Bonchev–Trinajstić information content (AvgIpc) is 3.04. The van der Waals surface area contributed by atoms with Crippen molar-refractivity contribution in [2.75, 3.05) is 0 Å². The van der Waals surface area contributed by atoms with Gasteiger partial charge in [0.2, 0.25) is 0 Å². The number of hydrogen-bond acceptors (Lipinski definition) is 3. The average molecular weight is 370 g/mol. The number of benzene rings is 2. The van der Waals surface area contributed by atoms with Crippen molar-refractivity contribution in [3.05, 3.63) is 60.2 Å². The molecule has 134 valence electrons. The van der Waals surface area contributed by atoms with Crippen LogP contribution in [0.25, 0.3) is 0 Å². The Kier molecular flexibility index (Phi) is 4.77. The molecule has 0 N–H and O–H groups in total. The zero-order chi connectivity index (χ0) is 18.1. The summed E-state index contributed by atoms with van der Waals surface area (Å²) in [5, 5.41) is -0.871. The molecular weight excluding hydrogens is 353 g/mol. The van der Waals surface area contributed by atoms with Gasteiger partial charge in [-0.15, -0.1) is 0 Å². The van der Waals surface area contributed by atoms with Crippen LogP contribution >= 0.6 is 0 Å². The minimum absolute atomic E-state index is 0.184. The molecule has 0 aromatic heterocycles. The summed E-state index contributed by atoms with van der Waals surface area (Å²) in [4.78, 5) is -0.645. The minimum atomic E-state index is -4.71. The van der Waals surface area contributed by atoms with Gasteiger partial charge >= 0.3 is 6.18 Å². The van der Waals surface area contributed by atoms with E-state index in [2.05, 4.69) is 0 Å². The zero-order valence-electron chi connectivity index (χ0n) is 13.2. The second-order valence-electron chi connectivity index (χ2n) is 6.03. The number of ether oxygens (including phenoxy) is 1. The molecule has 2 aromatic rings. The second kappa shape index (κ2) is 6.71. The normalized spacial score (nSPS) is 21.2. The molecule has 0 saturated heterocycles. The highest BCUT2D eigenvalue weighted by molar-refractivity contribution is 7.92.